The molecule has 3 nitrogen and oxygen atoms in total. The van der Waals surface area contributed by atoms with Gasteiger partial charge in [0.05, 0.1) is 24.2 Å². The number of fused-ring (bicyclic) bond motifs is 1. The zero-order valence-corrected chi connectivity index (χ0v) is 5.50. The molecule has 0 radical (unpaired) electrons. The van der Waals surface area contributed by atoms with Crippen molar-refractivity contribution in [2.24, 2.45) is 0 Å². The minimum absolute atomic E-state index is 0.667. The standard InChI is InChI=1S/C7H8N2O/c8-5-3-7-6(9-4-5)1-2-10-7/h3-4H,1-2,8H2. The van der Waals surface area contributed by atoms with Crippen molar-refractivity contribution in [2.75, 3.05) is 12.3 Å². The van der Waals surface area contributed by atoms with Gasteiger partial charge >= 0.3 is 0 Å². The highest BCUT2D eigenvalue weighted by atomic mass is 16.5. The van der Waals surface area contributed by atoms with E-state index in [1.165, 1.54) is 0 Å². The summed E-state index contributed by atoms with van der Waals surface area (Å²) in [5.41, 5.74) is 7.18. The van der Waals surface area contributed by atoms with Gasteiger partial charge in [-0.15, -0.1) is 0 Å². The third-order valence-electron chi connectivity index (χ3n) is 1.55. The van der Waals surface area contributed by atoms with Crippen LogP contribution in [0.1, 0.15) is 5.69 Å². The van der Waals surface area contributed by atoms with Gasteiger partial charge in [-0.05, 0) is 0 Å². The Balaban J connectivity index is 2.52. The van der Waals surface area contributed by atoms with Gasteiger partial charge < -0.3 is 10.5 Å². The second-order valence-electron chi connectivity index (χ2n) is 2.31. The van der Waals surface area contributed by atoms with Gasteiger partial charge in [0.25, 0.3) is 0 Å². The molecule has 1 aromatic heterocycles. The van der Waals surface area contributed by atoms with E-state index in [1.807, 2.05) is 6.07 Å². The van der Waals surface area contributed by atoms with Crippen LogP contribution in [0.3, 0.4) is 0 Å². The molecule has 0 fully saturated rings. The van der Waals surface area contributed by atoms with Crippen LogP contribution in [-0.2, 0) is 6.42 Å². The van der Waals surface area contributed by atoms with E-state index in [4.69, 9.17) is 10.5 Å². The van der Waals surface area contributed by atoms with Crippen molar-refractivity contribution >= 4 is 5.69 Å². The Labute approximate surface area is 58.8 Å². The zero-order chi connectivity index (χ0) is 6.97. The van der Waals surface area contributed by atoms with Crippen LogP contribution in [0.4, 0.5) is 5.69 Å². The maximum absolute atomic E-state index is 5.49. The molecule has 1 aromatic rings. The van der Waals surface area contributed by atoms with Gasteiger partial charge in [-0.1, -0.05) is 0 Å². The molecule has 2 N–H and O–H groups in total. The molecule has 0 bridgehead atoms. The summed E-state index contributed by atoms with van der Waals surface area (Å²) in [5.74, 6) is 0.847. The number of nitrogens with zero attached hydrogens (tertiary/aromatic N) is 1. The van der Waals surface area contributed by atoms with Gasteiger partial charge in [0, 0.05) is 12.5 Å². The lowest BCUT2D eigenvalue weighted by molar-refractivity contribution is 0.357. The quantitative estimate of drug-likeness (QED) is 0.568. The van der Waals surface area contributed by atoms with Crippen molar-refractivity contribution in [1.29, 1.82) is 0 Å². The van der Waals surface area contributed by atoms with Crippen LogP contribution in [0.2, 0.25) is 0 Å². The molecule has 52 valence electrons. The highest BCUT2D eigenvalue weighted by Crippen LogP contribution is 2.24. The molecule has 0 spiro atoms. The molecule has 0 aromatic carbocycles. The predicted molar refractivity (Wildman–Crippen MR) is 37.8 cm³/mol. The average molecular weight is 136 g/mol. The van der Waals surface area contributed by atoms with Gasteiger partial charge in [0.2, 0.25) is 0 Å². The molecular formula is C7H8N2O. The minimum Gasteiger partial charge on any atom is -0.491 e. The average Bonchev–Trinajstić information content (AvgIpc) is 2.33. The van der Waals surface area contributed by atoms with Crippen molar-refractivity contribution in [1.82, 2.24) is 4.98 Å². The maximum atomic E-state index is 5.49. The Morgan fingerprint density at radius 1 is 1.60 bits per heavy atom. The van der Waals surface area contributed by atoms with E-state index < -0.39 is 0 Å². The Hall–Kier alpha value is -1.25. The molecule has 0 aliphatic carbocycles. The Morgan fingerprint density at radius 3 is 3.40 bits per heavy atom. The number of anilines is 1. The largest absolute Gasteiger partial charge is 0.491 e. The molecule has 2 heterocycles. The Morgan fingerprint density at radius 2 is 2.50 bits per heavy atom. The third kappa shape index (κ3) is 0.708. The first-order valence-corrected chi connectivity index (χ1v) is 3.23. The summed E-state index contributed by atoms with van der Waals surface area (Å²) in [6.07, 6.45) is 2.57. The van der Waals surface area contributed by atoms with Crippen molar-refractivity contribution < 1.29 is 4.74 Å². The zero-order valence-electron chi connectivity index (χ0n) is 5.50. The van der Waals surface area contributed by atoms with E-state index in [9.17, 15) is 0 Å². The van der Waals surface area contributed by atoms with Crippen LogP contribution in [0.5, 0.6) is 5.75 Å². The second kappa shape index (κ2) is 1.87. The number of ether oxygens (including phenoxy) is 1. The lowest BCUT2D eigenvalue weighted by Crippen LogP contribution is -1.88. The normalized spacial score (nSPS) is 14.4. The molecule has 10 heavy (non-hydrogen) atoms. The molecule has 0 amide bonds. The van der Waals surface area contributed by atoms with Crippen molar-refractivity contribution in [2.45, 2.75) is 6.42 Å². The summed E-state index contributed by atoms with van der Waals surface area (Å²) in [4.78, 5) is 4.11. The first-order chi connectivity index (χ1) is 4.86. The summed E-state index contributed by atoms with van der Waals surface area (Å²) in [5, 5.41) is 0. The van der Waals surface area contributed by atoms with Crippen LogP contribution in [-0.4, -0.2) is 11.6 Å². The SMILES string of the molecule is Nc1cnc2c(c1)OCC2. The monoisotopic (exact) mass is 136 g/mol. The number of pyridine rings is 1. The summed E-state index contributed by atoms with van der Waals surface area (Å²) in [6.45, 7) is 0.742. The van der Waals surface area contributed by atoms with E-state index in [1.54, 1.807) is 6.20 Å². The van der Waals surface area contributed by atoms with Crippen LogP contribution in [0.15, 0.2) is 12.3 Å². The fourth-order valence-corrected chi connectivity index (χ4v) is 1.06. The molecule has 0 saturated heterocycles. The number of nitrogen functional groups attached to an aromatic ring is 1. The van der Waals surface area contributed by atoms with Crippen LogP contribution in [0, 0.1) is 0 Å². The van der Waals surface area contributed by atoms with Gasteiger partial charge in [-0.3, -0.25) is 4.98 Å². The van der Waals surface area contributed by atoms with Crippen molar-refractivity contribution in [3.8, 4) is 5.75 Å². The van der Waals surface area contributed by atoms with E-state index in [0.717, 1.165) is 24.5 Å². The smallest absolute Gasteiger partial charge is 0.142 e. The molecule has 1 aliphatic heterocycles. The Kier molecular flexibility index (Phi) is 1.03. The van der Waals surface area contributed by atoms with Crippen molar-refractivity contribution in [3.63, 3.8) is 0 Å². The molecule has 0 unspecified atom stereocenters. The third-order valence-corrected chi connectivity index (χ3v) is 1.55. The molecular weight excluding hydrogens is 128 g/mol. The number of hydrogen-bond donors (Lipinski definition) is 1. The van der Waals surface area contributed by atoms with E-state index in [0.29, 0.717) is 5.69 Å². The van der Waals surface area contributed by atoms with E-state index in [-0.39, 0.29) is 0 Å². The lowest BCUT2D eigenvalue weighted by atomic mass is 10.3. The van der Waals surface area contributed by atoms with Crippen LogP contribution < -0.4 is 10.5 Å². The maximum Gasteiger partial charge on any atom is 0.142 e. The number of nitrogens with two attached hydrogens (primary N) is 1. The highest BCUT2D eigenvalue weighted by Gasteiger charge is 2.12. The molecule has 0 saturated carbocycles. The first-order valence-electron chi connectivity index (χ1n) is 3.23. The minimum atomic E-state index is 0.667. The van der Waals surface area contributed by atoms with Gasteiger partial charge in [0.1, 0.15) is 5.75 Å². The lowest BCUT2D eigenvalue weighted by Gasteiger charge is -1.97. The number of hydrogen-bond acceptors (Lipinski definition) is 3. The predicted octanol–water partition coefficient (Wildman–Crippen LogP) is 0.599. The van der Waals surface area contributed by atoms with Gasteiger partial charge in [-0.2, -0.15) is 0 Å². The topological polar surface area (TPSA) is 48.1 Å². The summed E-state index contributed by atoms with van der Waals surface area (Å²) in [7, 11) is 0. The second-order valence-corrected chi connectivity index (χ2v) is 2.31. The van der Waals surface area contributed by atoms with E-state index in [2.05, 4.69) is 4.98 Å². The van der Waals surface area contributed by atoms with Crippen LogP contribution >= 0.6 is 0 Å². The molecule has 1 aliphatic rings. The van der Waals surface area contributed by atoms with Gasteiger partial charge in [-0.25, -0.2) is 0 Å². The van der Waals surface area contributed by atoms with Crippen LogP contribution in [0.25, 0.3) is 0 Å². The first kappa shape index (κ1) is 5.53. The molecule has 3 heteroatoms. The molecule has 0 atom stereocenters. The number of aromatic nitrogens is 1. The summed E-state index contributed by atoms with van der Waals surface area (Å²) in [6, 6.07) is 1.81. The fourth-order valence-electron chi connectivity index (χ4n) is 1.06. The van der Waals surface area contributed by atoms with Gasteiger partial charge in [0.15, 0.2) is 0 Å². The number of rotatable bonds is 0. The van der Waals surface area contributed by atoms with Crippen molar-refractivity contribution in [3.05, 3.63) is 18.0 Å². The fraction of sp³-hybridized carbons (Fsp3) is 0.286. The molecule has 2 rings (SSSR count). The summed E-state index contributed by atoms with van der Waals surface area (Å²) >= 11 is 0. The Bertz CT molecular complexity index is 260. The summed E-state index contributed by atoms with van der Waals surface area (Å²) < 4.78 is 5.24. The highest BCUT2D eigenvalue weighted by molar-refractivity contribution is 5.45. The van der Waals surface area contributed by atoms with E-state index >= 15 is 0 Å².